The van der Waals surface area contributed by atoms with Crippen LogP contribution in [0.5, 0.6) is 0 Å². The minimum atomic E-state index is -0.905. The van der Waals surface area contributed by atoms with Crippen molar-refractivity contribution in [2.45, 2.75) is 0 Å². The average molecular weight is 191 g/mol. The molecule has 1 aromatic carbocycles. The number of benzene rings is 1. The normalized spacial score (nSPS) is 10.3. The molecular weight excluding hydrogens is 182 g/mol. The number of nitrogens with one attached hydrogen (secondary N) is 2. The number of aromatic nitrogens is 2. The van der Waals surface area contributed by atoms with E-state index in [0.29, 0.717) is 5.82 Å². The molecule has 0 radical (unpaired) electrons. The zero-order chi connectivity index (χ0) is 9.97. The number of nitrogens with zero attached hydrogens (tertiary/aromatic N) is 1. The van der Waals surface area contributed by atoms with E-state index < -0.39 is 5.97 Å². The van der Waals surface area contributed by atoms with Crippen LogP contribution in [-0.2, 0) is 4.79 Å². The number of aliphatic carboxylic acids is 1. The molecule has 3 N–H and O–H groups in total. The van der Waals surface area contributed by atoms with E-state index in [1.54, 1.807) is 0 Å². The SMILES string of the molecule is O=C(O)CNc1n[nH]c2ccccc12. The van der Waals surface area contributed by atoms with Gasteiger partial charge in [0, 0.05) is 5.39 Å². The van der Waals surface area contributed by atoms with Crippen LogP contribution in [0.15, 0.2) is 24.3 Å². The summed E-state index contributed by atoms with van der Waals surface area (Å²) in [6, 6.07) is 7.53. The first-order chi connectivity index (χ1) is 6.77. The first kappa shape index (κ1) is 8.55. The van der Waals surface area contributed by atoms with Crippen LogP contribution in [0.25, 0.3) is 10.9 Å². The number of aromatic amines is 1. The molecule has 0 saturated carbocycles. The molecule has 0 saturated heterocycles. The Bertz CT molecular complexity index is 464. The van der Waals surface area contributed by atoms with Crippen LogP contribution in [0, 0.1) is 0 Å². The lowest BCUT2D eigenvalue weighted by Gasteiger charge is -1.97. The number of carbonyl (C=O) groups is 1. The first-order valence-electron chi connectivity index (χ1n) is 4.16. The number of carboxylic acids is 1. The van der Waals surface area contributed by atoms with Crippen LogP contribution in [0.4, 0.5) is 5.82 Å². The van der Waals surface area contributed by atoms with Gasteiger partial charge in [0.25, 0.3) is 0 Å². The molecule has 2 rings (SSSR count). The number of hydrogen-bond donors (Lipinski definition) is 3. The van der Waals surface area contributed by atoms with Gasteiger partial charge in [0.1, 0.15) is 6.54 Å². The highest BCUT2D eigenvalue weighted by Gasteiger charge is 2.04. The largest absolute Gasteiger partial charge is 0.480 e. The third-order valence-electron chi connectivity index (χ3n) is 1.88. The average Bonchev–Trinajstić information content (AvgIpc) is 2.58. The van der Waals surface area contributed by atoms with Crippen LogP contribution in [0.1, 0.15) is 0 Å². The summed E-state index contributed by atoms with van der Waals surface area (Å²) < 4.78 is 0. The van der Waals surface area contributed by atoms with E-state index in [1.807, 2.05) is 24.3 Å². The number of hydrogen-bond acceptors (Lipinski definition) is 3. The summed E-state index contributed by atoms with van der Waals surface area (Å²) in [5.74, 6) is -0.333. The molecule has 0 bridgehead atoms. The van der Waals surface area contributed by atoms with Gasteiger partial charge in [-0.1, -0.05) is 12.1 Å². The fraction of sp³-hybridized carbons (Fsp3) is 0.111. The lowest BCUT2D eigenvalue weighted by Crippen LogP contribution is -2.12. The second-order valence-electron chi connectivity index (χ2n) is 2.87. The van der Waals surface area contributed by atoms with Crippen LogP contribution in [0.2, 0.25) is 0 Å². The van der Waals surface area contributed by atoms with E-state index in [4.69, 9.17) is 5.11 Å². The number of H-pyrrole nitrogens is 1. The summed E-state index contributed by atoms with van der Waals surface area (Å²) in [5.41, 5.74) is 0.889. The maximum absolute atomic E-state index is 10.3. The highest BCUT2D eigenvalue weighted by molar-refractivity contribution is 5.90. The molecule has 1 aromatic heterocycles. The summed E-state index contributed by atoms with van der Waals surface area (Å²) in [5, 5.41) is 18.9. The van der Waals surface area contributed by atoms with E-state index in [0.717, 1.165) is 10.9 Å². The van der Waals surface area contributed by atoms with Crippen molar-refractivity contribution in [3.63, 3.8) is 0 Å². The topological polar surface area (TPSA) is 78.0 Å². The van der Waals surface area contributed by atoms with E-state index >= 15 is 0 Å². The molecule has 0 aliphatic heterocycles. The Hall–Kier alpha value is -2.04. The number of para-hydroxylation sites is 1. The Morgan fingerprint density at radius 2 is 2.29 bits per heavy atom. The second-order valence-corrected chi connectivity index (χ2v) is 2.87. The predicted molar refractivity (Wildman–Crippen MR) is 52.2 cm³/mol. The van der Waals surface area contributed by atoms with E-state index in [1.165, 1.54) is 0 Å². The maximum Gasteiger partial charge on any atom is 0.322 e. The third-order valence-corrected chi connectivity index (χ3v) is 1.88. The fourth-order valence-corrected chi connectivity index (χ4v) is 1.26. The molecule has 5 nitrogen and oxygen atoms in total. The van der Waals surface area contributed by atoms with Gasteiger partial charge in [-0.15, -0.1) is 0 Å². The number of anilines is 1. The van der Waals surface area contributed by atoms with Crippen molar-refractivity contribution in [3.05, 3.63) is 24.3 Å². The van der Waals surface area contributed by atoms with Crippen LogP contribution in [0.3, 0.4) is 0 Å². The van der Waals surface area contributed by atoms with Crippen LogP contribution in [-0.4, -0.2) is 27.8 Å². The number of fused-ring (bicyclic) bond motifs is 1. The molecule has 5 heteroatoms. The van der Waals surface area contributed by atoms with Crippen molar-refractivity contribution >= 4 is 22.7 Å². The standard InChI is InChI=1S/C9H9N3O2/c13-8(14)5-10-9-6-3-1-2-4-7(6)11-12-9/h1-4H,5H2,(H,13,14)(H2,10,11,12). The zero-order valence-corrected chi connectivity index (χ0v) is 7.32. The number of carboxylic acid groups (broad SMARTS) is 1. The molecule has 0 aliphatic carbocycles. The predicted octanol–water partition coefficient (Wildman–Crippen LogP) is 1.06. The Labute approximate surface area is 79.7 Å². The van der Waals surface area contributed by atoms with E-state index in [9.17, 15) is 4.79 Å². The highest BCUT2D eigenvalue weighted by Crippen LogP contribution is 2.18. The fourth-order valence-electron chi connectivity index (χ4n) is 1.26. The van der Waals surface area contributed by atoms with Gasteiger partial charge in [0.2, 0.25) is 0 Å². The second kappa shape index (κ2) is 3.37. The Balaban J connectivity index is 2.29. The van der Waals surface area contributed by atoms with Crippen molar-refractivity contribution < 1.29 is 9.90 Å². The van der Waals surface area contributed by atoms with Crippen molar-refractivity contribution in [2.75, 3.05) is 11.9 Å². The Morgan fingerprint density at radius 3 is 3.07 bits per heavy atom. The molecule has 2 aromatic rings. The van der Waals surface area contributed by atoms with Crippen molar-refractivity contribution in [2.24, 2.45) is 0 Å². The summed E-state index contributed by atoms with van der Waals surface area (Å²) in [6.45, 7) is -0.130. The molecular formula is C9H9N3O2. The summed E-state index contributed by atoms with van der Waals surface area (Å²) in [4.78, 5) is 10.3. The van der Waals surface area contributed by atoms with Crippen molar-refractivity contribution in [1.29, 1.82) is 0 Å². The quantitative estimate of drug-likeness (QED) is 0.677. The lowest BCUT2D eigenvalue weighted by atomic mass is 10.2. The molecule has 14 heavy (non-hydrogen) atoms. The third kappa shape index (κ3) is 1.52. The molecule has 1 heterocycles. The smallest absolute Gasteiger partial charge is 0.322 e. The van der Waals surface area contributed by atoms with Crippen molar-refractivity contribution in [1.82, 2.24) is 10.2 Å². The highest BCUT2D eigenvalue weighted by atomic mass is 16.4. The minimum absolute atomic E-state index is 0.130. The van der Waals surface area contributed by atoms with E-state index in [2.05, 4.69) is 15.5 Å². The monoisotopic (exact) mass is 191 g/mol. The summed E-state index contributed by atoms with van der Waals surface area (Å²) >= 11 is 0. The lowest BCUT2D eigenvalue weighted by molar-refractivity contribution is -0.134. The van der Waals surface area contributed by atoms with Gasteiger partial charge in [-0.05, 0) is 12.1 Å². The van der Waals surface area contributed by atoms with Gasteiger partial charge in [-0.25, -0.2) is 0 Å². The first-order valence-corrected chi connectivity index (χ1v) is 4.16. The molecule has 0 spiro atoms. The van der Waals surface area contributed by atoms with E-state index in [-0.39, 0.29) is 6.54 Å². The van der Waals surface area contributed by atoms with Gasteiger partial charge in [-0.3, -0.25) is 9.89 Å². The van der Waals surface area contributed by atoms with Gasteiger partial charge < -0.3 is 10.4 Å². The van der Waals surface area contributed by atoms with Crippen LogP contribution < -0.4 is 5.32 Å². The molecule has 0 amide bonds. The molecule has 0 atom stereocenters. The molecule has 72 valence electrons. The van der Waals surface area contributed by atoms with Crippen molar-refractivity contribution in [3.8, 4) is 0 Å². The van der Waals surface area contributed by atoms with Crippen LogP contribution >= 0.6 is 0 Å². The number of rotatable bonds is 3. The summed E-state index contributed by atoms with van der Waals surface area (Å²) in [7, 11) is 0. The maximum atomic E-state index is 10.3. The van der Waals surface area contributed by atoms with Gasteiger partial charge in [0.15, 0.2) is 5.82 Å². The van der Waals surface area contributed by atoms with Gasteiger partial charge >= 0.3 is 5.97 Å². The zero-order valence-electron chi connectivity index (χ0n) is 7.32. The Morgan fingerprint density at radius 1 is 1.50 bits per heavy atom. The minimum Gasteiger partial charge on any atom is -0.480 e. The molecule has 0 aliphatic rings. The molecule has 0 fully saturated rings. The summed E-state index contributed by atoms with van der Waals surface area (Å²) in [6.07, 6.45) is 0. The molecule has 0 unspecified atom stereocenters. The van der Waals surface area contributed by atoms with Gasteiger partial charge in [-0.2, -0.15) is 5.10 Å². The van der Waals surface area contributed by atoms with Gasteiger partial charge in [0.05, 0.1) is 5.52 Å². The Kier molecular flexibility index (Phi) is 2.06.